The first-order valence-corrected chi connectivity index (χ1v) is 17.2. The Hall–Kier alpha value is -6.57. The normalized spacial score (nSPS) is 11.6. The van der Waals surface area contributed by atoms with Gasteiger partial charge in [0, 0.05) is 17.8 Å². The van der Waals surface area contributed by atoms with Crippen LogP contribution in [0.3, 0.4) is 0 Å². The van der Waals surface area contributed by atoms with E-state index in [-0.39, 0.29) is 0 Å². The standard InChI is InChI=1S/C49H31N/c1-2-14-33(15-3-1)46-38-19-6-11-24-43(38)49(45-31-50-28-27-44(45)46)36-18-12-17-35(30-36)47-39-20-7-9-22-41(39)48(42-23-10-8-21-40(42)47)37-26-25-32-13-4-5-16-34(32)29-37/h1-31H. The van der Waals surface area contributed by atoms with Crippen LogP contribution in [0.4, 0.5) is 0 Å². The van der Waals surface area contributed by atoms with E-state index in [1.54, 1.807) is 0 Å². The van der Waals surface area contributed by atoms with E-state index < -0.39 is 0 Å². The molecule has 0 fully saturated rings. The van der Waals surface area contributed by atoms with Gasteiger partial charge in [0.25, 0.3) is 0 Å². The summed E-state index contributed by atoms with van der Waals surface area (Å²) in [5.74, 6) is 0. The second-order valence-electron chi connectivity index (χ2n) is 13.1. The third-order valence-electron chi connectivity index (χ3n) is 10.3. The fourth-order valence-electron chi connectivity index (χ4n) is 8.17. The molecular weight excluding hydrogens is 603 g/mol. The second-order valence-corrected chi connectivity index (χ2v) is 13.1. The molecule has 9 aromatic carbocycles. The van der Waals surface area contributed by atoms with Crippen molar-refractivity contribution in [3.63, 3.8) is 0 Å². The lowest BCUT2D eigenvalue weighted by molar-refractivity contribution is 1.37. The van der Waals surface area contributed by atoms with Crippen LogP contribution >= 0.6 is 0 Å². The summed E-state index contributed by atoms with van der Waals surface area (Å²) >= 11 is 0. The van der Waals surface area contributed by atoms with Crippen LogP contribution in [0.1, 0.15) is 0 Å². The Balaban J connectivity index is 1.25. The number of aromatic nitrogens is 1. The van der Waals surface area contributed by atoms with Gasteiger partial charge in [-0.05, 0) is 111 Å². The monoisotopic (exact) mass is 633 g/mol. The largest absolute Gasteiger partial charge is 0.264 e. The van der Waals surface area contributed by atoms with Crippen molar-refractivity contribution < 1.29 is 0 Å². The van der Waals surface area contributed by atoms with E-state index in [0.717, 1.165) is 5.39 Å². The van der Waals surface area contributed by atoms with Crippen LogP contribution in [0.2, 0.25) is 0 Å². The molecule has 0 radical (unpaired) electrons. The quantitative estimate of drug-likeness (QED) is 0.176. The van der Waals surface area contributed by atoms with Crippen LogP contribution < -0.4 is 0 Å². The average Bonchev–Trinajstić information content (AvgIpc) is 3.19. The maximum Gasteiger partial charge on any atom is 0.0353 e. The Kier molecular flexibility index (Phi) is 6.57. The van der Waals surface area contributed by atoms with Crippen LogP contribution in [-0.2, 0) is 0 Å². The van der Waals surface area contributed by atoms with E-state index in [2.05, 4.69) is 181 Å². The molecule has 1 nitrogen and oxygen atoms in total. The highest BCUT2D eigenvalue weighted by Crippen LogP contribution is 2.47. The summed E-state index contributed by atoms with van der Waals surface area (Å²) in [6.07, 6.45) is 3.96. The Bertz CT molecular complexity index is 2810. The SMILES string of the molecule is c1ccc(-c2c3ccccc3c(-c3cccc(-c4c5ccccc5c(-c5ccc6ccccc6c5)c5ccccc45)c3)c3cnccc23)cc1. The topological polar surface area (TPSA) is 12.9 Å². The summed E-state index contributed by atoms with van der Waals surface area (Å²) in [6, 6.07) is 64.2. The zero-order valence-electron chi connectivity index (χ0n) is 27.3. The third kappa shape index (κ3) is 4.45. The third-order valence-corrected chi connectivity index (χ3v) is 10.3. The van der Waals surface area contributed by atoms with E-state index >= 15 is 0 Å². The highest BCUT2D eigenvalue weighted by molar-refractivity contribution is 6.23. The van der Waals surface area contributed by atoms with Gasteiger partial charge in [0.2, 0.25) is 0 Å². The molecular formula is C49H31N. The van der Waals surface area contributed by atoms with Crippen molar-refractivity contribution in [1.29, 1.82) is 0 Å². The van der Waals surface area contributed by atoms with Gasteiger partial charge in [-0.25, -0.2) is 0 Å². The molecule has 0 bridgehead atoms. The van der Waals surface area contributed by atoms with E-state index in [9.17, 15) is 0 Å². The average molecular weight is 634 g/mol. The Morgan fingerprint density at radius 1 is 0.260 bits per heavy atom. The van der Waals surface area contributed by atoms with E-state index in [1.807, 2.05) is 12.4 Å². The fourth-order valence-corrected chi connectivity index (χ4v) is 8.17. The van der Waals surface area contributed by atoms with Crippen molar-refractivity contribution in [3.8, 4) is 44.5 Å². The van der Waals surface area contributed by atoms with Gasteiger partial charge in [-0.15, -0.1) is 0 Å². The zero-order chi connectivity index (χ0) is 33.0. The molecule has 0 amide bonds. The van der Waals surface area contributed by atoms with Crippen LogP contribution in [0, 0.1) is 0 Å². The summed E-state index contributed by atoms with van der Waals surface area (Å²) in [4.78, 5) is 4.66. The van der Waals surface area contributed by atoms with Crippen molar-refractivity contribution >= 4 is 53.9 Å². The summed E-state index contributed by atoms with van der Waals surface area (Å²) in [5, 5.41) is 12.4. The van der Waals surface area contributed by atoms with Crippen LogP contribution in [-0.4, -0.2) is 4.98 Å². The highest BCUT2D eigenvalue weighted by atomic mass is 14.6. The van der Waals surface area contributed by atoms with Gasteiger partial charge >= 0.3 is 0 Å². The molecule has 50 heavy (non-hydrogen) atoms. The molecule has 0 saturated carbocycles. The Morgan fingerprint density at radius 3 is 1.26 bits per heavy atom. The zero-order valence-corrected chi connectivity index (χ0v) is 27.3. The first kappa shape index (κ1) is 28.4. The summed E-state index contributed by atoms with van der Waals surface area (Å²) in [5.41, 5.74) is 9.84. The molecule has 0 aliphatic carbocycles. The van der Waals surface area contributed by atoms with E-state index in [1.165, 1.54) is 93.0 Å². The van der Waals surface area contributed by atoms with Crippen molar-refractivity contribution in [1.82, 2.24) is 4.98 Å². The number of rotatable bonds is 4. The molecule has 0 aliphatic rings. The molecule has 10 rings (SSSR count). The maximum atomic E-state index is 4.66. The van der Waals surface area contributed by atoms with Gasteiger partial charge in [0.05, 0.1) is 0 Å². The maximum absolute atomic E-state index is 4.66. The van der Waals surface area contributed by atoms with Crippen molar-refractivity contribution in [3.05, 3.63) is 188 Å². The Labute approximate surface area is 290 Å². The number of nitrogens with zero attached hydrogens (tertiary/aromatic N) is 1. The number of pyridine rings is 1. The first-order chi connectivity index (χ1) is 24.8. The van der Waals surface area contributed by atoms with Crippen molar-refractivity contribution in [2.45, 2.75) is 0 Å². The molecule has 232 valence electrons. The predicted molar refractivity (Wildman–Crippen MR) is 214 cm³/mol. The van der Waals surface area contributed by atoms with E-state index in [4.69, 9.17) is 0 Å². The fraction of sp³-hybridized carbons (Fsp3) is 0. The molecule has 1 heteroatoms. The minimum Gasteiger partial charge on any atom is -0.264 e. The predicted octanol–water partition coefficient (Wildman–Crippen LogP) is 13.5. The van der Waals surface area contributed by atoms with Gasteiger partial charge < -0.3 is 0 Å². The van der Waals surface area contributed by atoms with Crippen LogP contribution in [0.5, 0.6) is 0 Å². The molecule has 0 spiro atoms. The minimum atomic E-state index is 1.16. The van der Waals surface area contributed by atoms with E-state index in [0.29, 0.717) is 0 Å². The lowest BCUT2D eigenvalue weighted by Crippen LogP contribution is -1.93. The summed E-state index contributed by atoms with van der Waals surface area (Å²) < 4.78 is 0. The molecule has 0 N–H and O–H groups in total. The van der Waals surface area contributed by atoms with Gasteiger partial charge in [-0.1, -0.05) is 158 Å². The highest BCUT2D eigenvalue weighted by Gasteiger charge is 2.20. The number of benzene rings is 9. The summed E-state index contributed by atoms with van der Waals surface area (Å²) in [7, 11) is 0. The van der Waals surface area contributed by atoms with Gasteiger partial charge in [0.15, 0.2) is 0 Å². The molecule has 10 aromatic rings. The molecule has 0 saturated heterocycles. The van der Waals surface area contributed by atoms with Crippen LogP contribution in [0.25, 0.3) is 98.4 Å². The molecule has 0 unspecified atom stereocenters. The molecule has 0 aliphatic heterocycles. The number of hydrogen-bond donors (Lipinski definition) is 0. The van der Waals surface area contributed by atoms with Crippen molar-refractivity contribution in [2.75, 3.05) is 0 Å². The minimum absolute atomic E-state index is 1.16. The molecule has 0 atom stereocenters. The number of hydrogen-bond acceptors (Lipinski definition) is 1. The van der Waals surface area contributed by atoms with Crippen molar-refractivity contribution in [2.24, 2.45) is 0 Å². The lowest BCUT2D eigenvalue weighted by atomic mass is 9.84. The van der Waals surface area contributed by atoms with Gasteiger partial charge in [-0.3, -0.25) is 4.98 Å². The lowest BCUT2D eigenvalue weighted by Gasteiger charge is -2.20. The first-order valence-electron chi connectivity index (χ1n) is 17.2. The second kappa shape index (κ2) is 11.5. The van der Waals surface area contributed by atoms with Gasteiger partial charge in [0.1, 0.15) is 0 Å². The molecule has 1 aromatic heterocycles. The van der Waals surface area contributed by atoms with Crippen LogP contribution in [0.15, 0.2) is 188 Å². The Morgan fingerprint density at radius 2 is 0.680 bits per heavy atom. The molecule has 1 heterocycles. The number of fused-ring (bicyclic) bond motifs is 5. The smallest absolute Gasteiger partial charge is 0.0353 e. The summed E-state index contributed by atoms with van der Waals surface area (Å²) in [6.45, 7) is 0. The van der Waals surface area contributed by atoms with Gasteiger partial charge in [-0.2, -0.15) is 0 Å².